The number of aryl methyl sites for hydroxylation is 1. The summed E-state index contributed by atoms with van der Waals surface area (Å²) >= 11 is 0. The smallest absolute Gasteiger partial charge is 0.310 e. The van der Waals surface area contributed by atoms with E-state index in [0.717, 1.165) is 16.7 Å². The number of carboxylic acid groups (broad SMARTS) is 1. The number of benzene rings is 1. The lowest BCUT2D eigenvalue weighted by atomic mass is 9.94. The SMILES string of the molecule is C=Cc1cc(C)ccc1C(C)C(=O)O. The largest absolute Gasteiger partial charge is 0.481 e. The van der Waals surface area contributed by atoms with Crippen molar-refractivity contribution < 1.29 is 9.90 Å². The van der Waals surface area contributed by atoms with Gasteiger partial charge >= 0.3 is 5.97 Å². The quantitative estimate of drug-likeness (QED) is 0.795. The highest BCUT2D eigenvalue weighted by atomic mass is 16.4. The first-order chi connectivity index (χ1) is 6.56. The van der Waals surface area contributed by atoms with Crippen LogP contribution in [-0.2, 0) is 4.79 Å². The molecule has 0 saturated heterocycles. The van der Waals surface area contributed by atoms with Crippen molar-refractivity contribution in [1.82, 2.24) is 0 Å². The van der Waals surface area contributed by atoms with E-state index in [9.17, 15) is 4.79 Å². The zero-order valence-corrected chi connectivity index (χ0v) is 8.45. The van der Waals surface area contributed by atoms with E-state index in [1.807, 2.05) is 25.1 Å². The Labute approximate surface area is 83.9 Å². The van der Waals surface area contributed by atoms with Crippen LogP contribution in [0.3, 0.4) is 0 Å². The lowest BCUT2D eigenvalue weighted by molar-refractivity contribution is -0.138. The first-order valence-corrected chi connectivity index (χ1v) is 4.52. The second-order valence-electron chi connectivity index (χ2n) is 3.40. The Bertz CT molecular complexity index is 367. The molecule has 0 amide bonds. The van der Waals surface area contributed by atoms with Crippen LogP contribution in [0.2, 0.25) is 0 Å². The summed E-state index contributed by atoms with van der Waals surface area (Å²) in [4.78, 5) is 10.8. The van der Waals surface area contributed by atoms with E-state index < -0.39 is 11.9 Å². The highest BCUT2D eigenvalue weighted by Gasteiger charge is 2.15. The molecule has 1 aromatic carbocycles. The summed E-state index contributed by atoms with van der Waals surface area (Å²) < 4.78 is 0. The Balaban J connectivity index is 3.20. The molecule has 1 atom stereocenters. The number of carbonyl (C=O) groups is 1. The fourth-order valence-corrected chi connectivity index (χ4v) is 1.40. The molecule has 0 aliphatic heterocycles. The van der Waals surface area contributed by atoms with Crippen molar-refractivity contribution >= 4 is 12.0 Å². The predicted octanol–water partition coefficient (Wildman–Crippen LogP) is 2.83. The van der Waals surface area contributed by atoms with Crippen molar-refractivity contribution in [1.29, 1.82) is 0 Å². The zero-order valence-electron chi connectivity index (χ0n) is 8.45. The summed E-state index contributed by atoms with van der Waals surface area (Å²) in [5.41, 5.74) is 2.83. The minimum atomic E-state index is -0.808. The molecule has 0 fully saturated rings. The molecule has 0 heterocycles. The number of hydrogen-bond donors (Lipinski definition) is 1. The number of rotatable bonds is 3. The van der Waals surface area contributed by atoms with Gasteiger partial charge in [-0.05, 0) is 25.0 Å². The van der Waals surface area contributed by atoms with Gasteiger partial charge in [0.25, 0.3) is 0 Å². The second kappa shape index (κ2) is 4.09. The van der Waals surface area contributed by atoms with E-state index in [-0.39, 0.29) is 0 Å². The van der Waals surface area contributed by atoms with Crippen molar-refractivity contribution in [2.45, 2.75) is 19.8 Å². The molecular weight excluding hydrogens is 176 g/mol. The average molecular weight is 190 g/mol. The molecule has 2 nitrogen and oxygen atoms in total. The molecule has 1 unspecified atom stereocenters. The highest BCUT2D eigenvalue weighted by Crippen LogP contribution is 2.22. The molecule has 0 radical (unpaired) electrons. The van der Waals surface area contributed by atoms with Crippen LogP contribution in [0.25, 0.3) is 6.08 Å². The van der Waals surface area contributed by atoms with E-state index in [1.54, 1.807) is 13.0 Å². The molecule has 14 heavy (non-hydrogen) atoms. The second-order valence-corrected chi connectivity index (χ2v) is 3.40. The summed E-state index contributed by atoms with van der Waals surface area (Å²) in [6.07, 6.45) is 1.70. The van der Waals surface area contributed by atoms with Gasteiger partial charge in [0.15, 0.2) is 0 Å². The van der Waals surface area contributed by atoms with Crippen LogP contribution >= 0.6 is 0 Å². The van der Waals surface area contributed by atoms with Gasteiger partial charge in [0.2, 0.25) is 0 Å². The topological polar surface area (TPSA) is 37.3 Å². The summed E-state index contributed by atoms with van der Waals surface area (Å²) in [5.74, 6) is -1.29. The lowest BCUT2D eigenvalue weighted by Crippen LogP contribution is -2.08. The fraction of sp³-hybridized carbons (Fsp3) is 0.250. The Morgan fingerprint density at radius 2 is 2.21 bits per heavy atom. The molecule has 74 valence electrons. The van der Waals surface area contributed by atoms with E-state index in [0.29, 0.717) is 0 Å². The van der Waals surface area contributed by atoms with E-state index in [2.05, 4.69) is 6.58 Å². The Morgan fingerprint density at radius 3 is 2.71 bits per heavy atom. The van der Waals surface area contributed by atoms with Gasteiger partial charge in [0, 0.05) is 0 Å². The van der Waals surface area contributed by atoms with Crippen molar-refractivity contribution in [2.24, 2.45) is 0 Å². The molecule has 0 aliphatic rings. The Morgan fingerprint density at radius 1 is 1.57 bits per heavy atom. The Hall–Kier alpha value is -1.57. The van der Waals surface area contributed by atoms with Crippen LogP contribution < -0.4 is 0 Å². The normalized spacial score (nSPS) is 12.1. The molecule has 1 aromatic rings. The van der Waals surface area contributed by atoms with Crippen LogP contribution in [0.1, 0.15) is 29.5 Å². The average Bonchev–Trinajstić information content (AvgIpc) is 2.16. The van der Waals surface area contributed by atoms with E-state index in [1.165, 1.54) is 0 Å². The minimum Gasteiger partial charge on any atom is -0.481 e. The zero-order chi connectivity index (χ0) is 10.7. The van der Waals surface area contributed by atoms with Gasteiger partial charge in [0.1, 0.15) is 0 Å². The van der Waals surface area contributed by atoms with Crippen LogP contribution in [0, 0.1) is 6.92 Å². The van der Waals surface area contributed by atoms with Gasteiger partial charge < -0.3 is 5.11 Å². The summed E-state index contributed by atoms with van der Waals surface area (Å²) in [7, 11) is 0. The minimum absolute atomic E-state index is 0.483. The van der Waals surface area contributed by atoms with E-state index in [4.69, 9.17) is 5.11 Å². The molecule has 0 saturated carbocycles. The van der Waals surface area contributed by atoms with Crippen molar-refractivity contribution in [3.05, 3.63) is 41.5 Å². The predicted molar refractivity (Wildman–Crippen MR) is 57.3 cm³/mol. The number of aliphatic carboxylic acids is 1. The van der Waals surface area contributed by atoms with Gasteiger partial charge in [-0.15, -0.1) is 0 Å². The third-order valence-corrected chi connectivity index (χ3v) is 2.30. The molecular formula is C12H14O2. The molecule has 2 heteroatoms. The lowest BCUT2D eigenvalue weighted by Gasteiger charge is -2.10. The van der Waals surface area contributed by atoms with Crippen molar-refractivity contribution in [3.8, 4) is 0 Å². The van der Waals surface area contributed by atoms with Gasteiger partial charge in [-0.2, -0.15) is 0 Å². The highest BCUT2D eigenvalue weighted by molar-refractivity contribution is 5.77. The van der Waals surface area contributed by atoms with Gasteiger partial charge in [-0.25, -0.2) is 0 Å². The fourth-order valence-electron chi connectivity index (χ4n) is 1.40. The molecule has 0 bridgehead atoms. The maximum Gasteiger partial charge on any atom is 0.310 e. The monoisotopic (exact) mass is 190 g/mol. The Kier molecular flexibility index (Phi) is 3.07. The number of carboxylic acids is 1. The van der Waals surface area contributed by atoms with E-state index >= 15 is 0 Å². The third kappa shape index (κ3) is 2.02. The van der Waals surface area contributed by atoms with Gasteiger partial charge in [-0.1, -0.05) is 36.4 Å². The van der Waals surface area contributed by atoms with Crippen molar-refractivity contribution in [2.75, 3.05) is 0 Å². The molecule has 1 N–H and O–H groups in total. The maximum absolute atomic E-state index is 10.8. The molecule has 0 aliphatic carbocycles. The standard InChI is InChI=1S/C12H14O2/c1-4-10-7-8(2)5-6-11(10)9(3)12(13)14/h4-7,9H,1H2,2-3H3,(H,13,14). The molecule has 1 rings (SSSR count). The number of hydrogen-bond acceptors (Lipinski definition) is 1. The van der Waals surface area contributed by atoms with Crippen LogP contribution in [0.15, 0.2) is 24.8 Å². The first kappa shape index (κ1) is 10.5. The summed E-state index contributed by atoms with van der Waals surface area (Å²) in [6.45, 7) is 7.34. The summed E-state index contributed by atoms with van der Waals surface area (Å²) in [6, 6.07) is 5.72. The third-order valence-electron chi connectivity index (χ3n) is 2.30. The summed E-state index contributed by atoms with van der Waals surface area (Å²) in [5, 5.41) is 8.89. The molecule has 0 spiro atoms. The van der Waals surface area contributed by atoms with Crippen LogP contribution in [0.4, 0.5) is 0 Å². The van der Waals surface area contributed by atoms with Crippen molar-refractivity contribution in [3.63, 3.8) is 0 Å². The van der Waals surface area contributed by atoms with Gasteiger partial charge in [-0.3, -0.25) is 4.79 Å². The van der Waals surface area contributed by atoms with Crippen LogP contribution in [-0.4, -0.2) is 11.1 Å². The molecule has 0 aromatic heterocycles. The maximum atomic E-state index is 10.8. The van der Waals surface area contributed by atoms with Crippen LogP contribution in [0.5, 0.6) is 0 Å². The van der Waals surface area contributed by atoms with Gasteiger partial charge in [0.05, 0.1) is 5.92 Å². The first-order valence-electron chi connectivity index (χ1n) is 4.52.